The molecule has 2 rings (SSSR count). The molecule has 1 aromatic heterocycles. The van der Waals surface area contributed by atoms with Crippen LogP contribution in [-0.2, 0) is 11.2 Å². The van der Waals surface area contributed by atoms with Gasteiger partial charge < -0.3 is 15.4 Å². The van der Waals surface area contributed by atoms with E-state index in [-0.39, 0.29) is 0 Å². The molecule has 0 radical (unpaired) electrons. The largest absolute Gasteiger partial charge is 0.379 e. The molecule has 7 heteroatoms. The normalized spacial score (nSPS) is 16.5. The van der Waals surface area contributed by atoms with E-state index in [2.05, 4.69) is 39.4 Å². The van der Waals surface area contributed by atoms with E-state index in [4.69, 9.17) is 4.74 Å². The number of thiazole rings is 1. The zero-order chi connectivity index (χ0) is 16.3. The predicted octanol–water partition coefficient (Wildman–Crippen LogP) is 1.27. The van der Waals surface area contributed by atoms with E-state index in [1.807, 2.05) is 6.20 Å². The quantitative estimate of drug-likeness (QED) is 0.424. The maximum Gasteiger partial charge on any atom is 0.191 e. The third kappa shape index (κ3) is 7.28. The van der Waals surface area contributed by atoms with Crippen molar-refractivity contribution in [2.45, 2.75) is 26.7 Å². The van der Waals surface area contributed by atoms with Crippen molar-refractivity contribution in [1.29, 1.82) is 0 Å². The first kappa shape index (κ1) is 18.2. The van der Waals surface area contributed by atoms with Crippen LogP contribution in [0.2, 0.25) is 0 Å². The zero-order valence-electron chi connectivity index (χ0n) is 14.3. The Kier molecular flexibility index (Phi) is 8.35. The second-order valence-corrected chi connectivity index (χ2v) is 6.93. The third-order valence-corrected chi connectivity index (χ3v) is 4.62. The summed E-state index contributed by atoms with van der Waals surface area (Å²) in [5.41, 5.74) is 0. The van der Waals surface area contributed by atoms with Crippen LogP contribution in [0.3, 0.4) is 0 Å². The van der Waals surface area contributed by atoms with Crippen molar-refractivity contribution in [1.82, 2.24) is 20.5 Å². The van der Waals surface area contributed by atoms with Crippen LogP contribution in [0.1, 0.15) is 23.2 Å². The minimum absolute atomic E-state index is 0.850. The van der Waals surface area contributed by atoms with E-state index in [9.17, 15) is 0 Å². The summed E-state index contributed by atoms with van der Waals surface area (Å²) >= 11 is 1.76. The van der Waals surface area contributed by atoms with Gasteiger partial charge in [0.1, 0.15) is 0 Å². The number of morpholine rings is 1. The van der Waals surface area contributed by atoms with E-state index in [1.54, 1.807) is 11.3 Å². The van der Waals surface area contributed by atoms with Crippen LogP contribution in [0.25, 0.3) is 0 Å². The van der Waals surface area contributed by atoms with Crippen LogP contribution >= 0.6 is 11.3 Å². The van der Waals surface area contributed by atoms with Crippen molar-refractivity contribution < 1.29 is 4.74 Å². The molecule has 2 N–H and O–H groups in total. The lowest BCUT2D eigenvalue weighted by molar-refractivity contribution is 0.0377. The fraction of sp³-hybridized carbons (Fsp3) is 0.750. The fourth-order valence-electron chi connectivity index (χ4n) is 2.46. The smallest absolute Gasteiger partial charge is 0.191 e. The summed E-state index contributed by atoms with van der Waals surface area (Å²) < 4.78 is 5.36. The third-order valence-electron chi connectivity index (χ3n) is 3.65. The van der Waals surface area contributed by atoms with Crippen molar-refractivity contribution in [3.63, 3.8) is 0 Å². The van der Waals surface area contributed by atoms with Gasteiger partial charge in [-0.05, 0) is 20.3 Å². The summed E-state index contributed by atoms with van der Waals surface area (Å²) in [4.78, 5) is 12.8. The summed E-state index contributed by atoms with van der Waals surface area (Å²) in [6.07, 6.45) is 3.96. The molecule has 1 aliphatic rings. The van der Waals surface area contributed by atoms with Crippen LogP contribution in [-0.4, -0.2) is 68.3 Å². The Balaban J connectivity index is 1.64. The highest BCUT2D eigenvalue weighted by Gasteiger charge is 2.09. The summed E-state index contributed by atoms with van der Waals surface area (Å²) in [7, 11) is 0. The highest BCUT2D eigenvalue weighted by Crippen LogP contribution is 2.10. The molecule has 0 amide bonds. The Morgan fingerprint density at radius 3 is 2.91 bits per heavy atom. The lowest BCUT2D eigenvalue weighted by Crippen LogP contribution is -2.39. The van der Waals surface area contributed by atoms with Crippen LogP contribution in [0.15, 0.2) is 11.2 Å². The van der Waals surface area contributed by atoms with Crippen LogP contribution in [0.4, 0.5) is 0 Å². The molecule has 1 saturated heterocycles. The number of rotatable bonds is 8. The van der Waals surface area contributed by atoms with Gasteiger partial charge in [0.25, 0.3) is 0 Å². The van der Waals surface area contributed by atoms with E-state index in [1.165, 1.54) is 9.88 Å². The monoisotopic (exact) mass is 339 g/mol. The first-order valence-corrected chi connectivity index (χ1v) is 9.33. The minimum atomic E-state index is 0.850. The summed E-state index contributed by atoms with van der Waals surface area (Å²) in [6.45, 7) is 11.7. The van der Waals surface area contributed by atoms with Gasteiger partial charge in [-0.2, -0.15) is 0 Å². The molecule has 1 aromatic rings. The molecular formula is C16H29N5OS. The van der Waals surface area contributed by atoms with Crippen molar-refractivity contribution >= 4 is 17.3 Å². The molecule has 23 heavy (non-hydrogen) atoms. The number of nitrogens with zero attached hydrogens (tertiary/aromatic N) is 3. The Bertz CT molecular complexity index is 471. The molecule has 0 bridgehead atoms. The van der Waals surface area contributed by atoms with Crippen molar-refractivity contribution in [2.75, 3.05) is 52.5 Å². The SMILES string of the molecule is CCNC(=NCCCN1CCOCC1)NCCc1ncc(C)s1. The number of hydrogen-bond acceptors (Lipinski definition) is 5. The van der Waals surface area contributed by atoms with Gasteiger partial charge in [0, 0.05) is 56.8 Å². The average molecular weight is 340 g/mol. The maximum atomic E-state index is 5.36. The van der Waals surface area contributed by atoms with E-state index in [0.717, 1.165) is 71.3 Å². The Morgan fingerprint density at radius 1 is 1.39 bits per heavy atom. The van der Waals surface area contributed by atoms with E-state index < -0.39 is 0 Å². The van der Waals surface area contributed by atoms with E-state index in [0.29, 0.717) is 0 Å². The van der Waals surface area contributed by atoms with Gasteiger partial charge in [-0.25, -0.2) is 4.98 Å². The molecule has 0 aliphatic carbocycles. The molecule has 0 saturated carbocycles. The standard InChI is InChI=1S/C16H29N5OS/c1-3-17-16(19-7-5-15-20-13-14(2)23-15)18-6-4-8-21-9-11-22-12-10-21/h13H,3-12H2,1-2H3,(H2,17,18,19). The number of aromatic nitrogens is 1. The summed E-state index contributed by atoms with van der Waals surface area (Å²) in [6, 6.07) is 0. The molecule has 0 atom stereocenters. The van der Waals surface area contributed by atoms with Crippen molar-refractivity contribution in [2.24, 2.45) is 4.99 Å². The second-order valence-electron chi connectivity index (χ2n) is 5.61. The molecule has 6 nitrogen and oxygen atoms in total. The highest BCUT2D eigenvalue weighted by molar-refractivity contribution is 7.11. The van der Waals surface area contributed by atoms with Crippen molar-refractivity contribution in [3.8, 4) is 0 Å². The molecule has 2 heterocycles. The predicted molar refractivity (Wildman–Crippen MR) is 96.4 cm³/mol. The van der Waals surface area contributed by atoms with Gasteiger partial charge in [0.05, 0.1) is 18.2 Å². The van der Waals surface area contributed by atoms with Gasteiger partial charge in [0.15, 0.2) is 5.96 Å². The number of guanidine groups is 1. The molecular weight excluding hydrogens is 310 g/mol. The van der Waals surface area contributed by atoms with Gasteiger partial charge in [-0.15, -0.1) is 11.3 Å². The number of hydrogen-bond donors (Lipinski definition) is 2. The van der Waals surface area contributed by atoms with E-state index >= 15 is 0 Å². The van der Waals surface area contributed by atoms with Gasteiger partial charge in [0.2, 0.25) is 0 Å². The number of aryl methyl sites for hydroxylation is 1. The van der Waals surface area contributed by atoms with Gasteiger partial charge in [-0.1, -0.05) is 0 Å². The zero-order valence-corrected chi connectivity index (χ0v) is 15.1. The molecule has 130 valence electrons. The van der Waals surface area contributed by atoms with Crippen LogP contribution in [0.5, 0.6) is 0 Å². The molecule has 1 aliphatic heterocycles. The van der Waals surface area contributed by atoms with Gasteiger partial charge in [-0.3, -0.25) is 9.89 Å². The van der Waals surface area contributed by atoms with Gasteiger partial charge >= 0.3 is 0 Å². The lowest BCUT2D eigenvalue weighted by atomic mass is 10.3. The molecule has 0 aromatic carbocycles. The highest BCUT2D eigenvalue weighted by atomic mass is 32.1. The number of nitrogens with one attached hydrogen (secondary N) is 2. The first-order valence-electron chi connectivity index (χ1n) is 8.51. The number of ether oxygens (including phenoxy) is 1. The van der Waals surface area contributed by atoms with Crippen molar-refractivity contribution in [3.05, 3.63) is 16.1 Å². The number of aliphatic imine (C=N–C) groups is 1. The summed E-state index contributed by atoms with van der Waals surface area (Å²) in [5, 5.41) is 7.87. The summed E-state index contributed by atoms with van der Waals surface area (Å²) in [5.74, 6) is 0.905. The topological polar surface area (TPSA) is 61.8 Å². The first-order chi connectivity index (χ1) is 11.3. The van der Waals surface area contributed by atoms with Crippen LogP contribution < -0.4 is 10.6 Å². The Labute approximate surface area is 143 Å². The molecule has 0 spiro atoms. The Morgan fingerprint density at radius 2 is 2.22 bits per heavy atom. The molecule has 0 unspecified atom stereocenters. The lowest BCUT2D eigenvalue weighted by Gasteiger charge is -2.26. The molecule has 1 fully saturated rings. The average Bonchev–Trinajstić information content (AvgIpc) is 2.98. The minimum Gasteiger partial charge on any atom is -0.379 e. The van der Waals surface area contributed by atoms with Crippen LogP contribution in [0, 0.1) is 6.92 Å². The second kappa shape index (κ2) is 10.6. The maximum absolute atomic E-state index is 5.36. The Hall–Kier alpha value is -1.18. The fourth-order valence-corrected chi connectivity index (χ4v) is 3.24.